The number of carbonyl (C=O) groups is 1. The van der Waals surface area contributed by atoms with Gasteiger partial charge in [-0.3, -0.25) is 4.79 Å². The maximum atomic E-state index is 13.2. The minimum atomic E-state index is -0.211. The SMILES string of the molecule is O=C(C1CCC(O)CC1)N1CCc2ccsc2C1c1cccs1. The number of nitrogens with zero attached hydrogens (tertiary/aromatic N) is 1. The van der Waals surface area contributed by atoms with Gasteiger partial charge in [-0.1, -0.05) is 6.07 Å². The van der Waals surface area contributed by atoms with Gasteiger partial charge in [-0.2, -0.15) is 0 Å². The Morgan fingerprint density at radius 1 is 1.13 bits per heavy atom. The summed E-state index contributed by atoms with van der Waals surface area (Å²) in [5.41, 5.74) is 1.40. The van der Waals surface area contributed by atoms with Crippen LogP contribution in [0.15, 0.2) is 29.0 Å². The second-order valence-electron chi connectivity index (χ2n) is 6.52. The molecule has 3 heterocycles. The lowest BCUT2D eigenvalue weighted by Crippen LogP contribution is -2.44. The standard InChI is InChI=1S/C18H21NO2S2/c20-14-5-3-13(4-6-14)18(21)19-9-7-12-8-11-23-17(12)16(19)15-2-1-10-22-15/h1-2,8,10-11,13-14,16,20H,3-7,9H2. The molecule has 1 aliphatic carbocycles. The third-order valence-corrected chi connectivity index (χ3v) is 7.04. The van der Waals surface area contributed by atoms with Gasteiger partial charge >= 0.3 is 0 Å². The number of hydrogen-bond acceptors (Lipinski definition) is 4. The Labute approximate surface area is 144 Å². The summed E-state index contributed by atoms with van der Waals surface area (Å²) in [6.45, 7) is 0.810. The highest BCUT2D eigenvalue weighted by Crippen LogP contribution is 2.41. The Morgan fingerprint density at radius 3 is 2.70 bits per heavy atom. The average molecular weight is 348 g/mol. The Morgan fingerprint density at radius 2 is 1.96 bits per heavy atom. The van der Waals surface area contributed by atoms with E-state index in [4.69, 9.17) is 0 Å². The fraction of sp³-hybridized carbons (Fsp3) is 0.500. The summed E-state index contributed by atoms with van der Waals surface area (Å²) in [6.07, 6.45) is 3.92. The van der Waals surface area contributed by atoms with E-state index >= 15 is 0 Å². The zero-order valence-corrected chi connectivity index (χ0v) is 14.6. The van der Waals surface area contributed by atoms with E-state index in [-0.39, 0.29) is 24.0 Å². The molecule has 1 saturated carbocycles. The van der Waals surface area contributed by atoms with Crippen molar-refractivity contribution in [2.24, 2.45) is 5.92 Å². The molecule has 1 fully saturated rings. The highest BCUT2D eigenvalue weighted by Gasteiger charge is 2.37. The quantitative estimate of drug-likeness (QED) is 0.897. The van der Waals surface area contributed by atoms with Crippen LogP contribution < -0.4 is 0 Å². The van der Waals surface area contributed by atoms with Crippen LogP contribution in [-0.2, 0) is 11.2 Å². The van der Waals surface area contributed by atoms with Crippen LogP contribution in [0.4, 0.5) is 0 Å². The van der Waals surface area contributed by atoms with Crippen molar-refractivity contribution < 1.29 is 9.90 Å². The van der Waals surface area contributed by atoms with Gasteiger partial charge in [-0.15, -0.1) is 22.7 Å². The first kappa shape index (κ1) is 15.4. The van der Waals surface area contributed by atoms with Crippen molar-refractivity contribution in [3.05, 3.63) is 44.3 Å². The van der Waals surface area contributed by atoms with Crippen molar-refractivity contribution in [3.8, 4) is 0 Å². The zero-order valence-electron chi connectivity index (χ0n) is 13.0. The first-order valence-corrected chi connectivity index (χ1v) is 10.1. The highest BCUT2D eigenvalue weighted by molar-refractivity contribution is 7.11. The molecule has 5 heteroatoms. The molecular weight excluding hydrogens is 326 g/mol. The van der Waals surface area contributed by atoms with Gasteiger partial charge in [0.1, 0.15) is 6.04 Å². The Hall–Kier alpha value is -1.17. The molecule has 4 rings (SSSR count). The van der Waals surface area contributed by atoms with E-state index < -0.39 is 0 Å². The summed E-state index contributed by atoms with van der Waals surface area (Å²) in [7, 11) is 0. The van der Waals surface area contributed by atoms with Crippen LogP contribution >= 0.6 is 22.7 Å². The van der Waals surface area contributed by atoms with Crippen LogP contribution in [0.2, 0.25) is 0 Å². The lowest BCUT2D eigenvalue weighted by atomic mass is 9.85. The maximum Gasteiger partial charge on any atom is 0.226 e. The third kappa shape index (κ3) is 2.86. The summed E-state index contributed by atoms with van der Waals surface area (Å²) in [5, 5.41) is 13.9. The van der Waals surface area contributed by atoms with E-state index in [9.17, 15) is 9.90 Å². The second-order valence-corrected chi connectivity index (χ2v) is 8.44. The smallest absolute Gasteiger partial charge is 0.226 e. The molecule has 1 aliphatic heterocycles. The Balaban J connectivity index is 1.63. The molecule has 1 N–H and O–H groups in total. The number of hydrogen-bond donors (Lipinski definition) is 1. The third-order valence-electron chi connectivity index (χ3n) is 5.10. The molecule has 1 atom stereocenters. The molecular formula is C18H21NO2S2. The molecule has 0 bridgehead atoms. The number of thiophene rings is 2. The van der Waals surface area contributed by atoms with Crippen LogP contribution in [0.5, 0.6) is 0 Å². The molecule has 1 unspecified atom stereocenters. The predicted molar refractivity (Wildman–Crippen MR) is 93.9 cm³/mol. The fourth-order valence-corrected chi connectivity index (χ4v) is 5.83. The molecule has 2 aromatic rings. The Kier molecular flexibility index (Phi) is 4.26. The van der Waals surface area contributed by atoms with E-state index in [1.165, 1.54) is 15.3 Å². The van der Waals surface area contributed by atoms with Crippen LogP contribution in [0.25, 0.3) is 0 Å². The van der Waals surface area contributed by atoms with Gasteiger partial charge in [0, 0.05) is 22.2 Å². The first-order chi connectivity index (χ1) is 11.2. The number of amides is 1. The molecule has 0 spiro atoms. The molecule has 23 heavy (non-hydrogen) atoms. The highest BCUT2D eigenvalue weighted by atomic mass is 32.1. The predicted octanol–water partition coefficient (Wildman–Crippen LogP) is 3.83. The molecule has 0 saturated heterocycles. The maximum absolute atomic E-state index is 13.2. The minimum Gasteiger partial charge on any atom is -0.393 e. The van der Waals surface area contributed by atoms with Gasteiger partial charge < -0.3 is 10.0 Å². The number of aliphatic hydroxyl groups is 1. The summed E-state index contributed by atoms with van der Waals surface area (Å²) in [6, 6.07) is 6.52. The Bertz CT molecular complexity index is 671. The molecule has 0 radical (unpaired) electrons. The number of rotatable bonds is 2. The fourth-order valence-electron chi connectivity index (χ4n) is 3.83. The molecule has 0 aromatic carbocycles. The van der Waals surface area contributed by atoms with E-state index in [1.54, 1.807) is 22.7 Å². The monoisotopic (exact) mass is 347 g/mol. The zero-order chi connectivity index (χ0) is 15.8. The topological polar surface area (TPSA) is 40.5 Å². The van der Waals surface area contributed by atoms with Gasteiger partial charge in [-0.05, 0) is 60.6 Å². The first-order valence-electron chi connectivity index (χ1n) is 8.32. The van der Waals surface area contributed by atoms with Crippen LogP contribution in [0.3, 0.4) is 0 Å². The normalized spacial score (nSPS) is 27.7. The summed E-state index contributed by atoms with van der Waals surface area (Å²) in [4.78, 5) is 17.9. The van der Waals surface area contributed by atoms with Crippen molar-refractivity contribution in [2.75, 3.05) is 6.54 Å². The molecule has 122 valence electrons. The van der Waals surface area contributed by atoms with Crippen molar-refractivity contribution in [1.82, 2.24) is 4.90 Å². The van der Waals surface area contributed by atoms with Crippen LogP contribution in [0.1, 0.15) is 47.0 Å². The van der Waals surface area contributed by atoms with Crippen molar-refractivity contribution >= 4 is 28.6 Å². The van der Waals surface area contributed by atoms with E-state index in [0.717, 1.165) is 38.6 Å². The summed E-state index contributed by atoms with van der Waals surface area (Å²) < 4.78 is 0. The van der Waals surface area contributed by atoms with Gasteiger partial charge in [0.25, 0.3) is 0 Å². The van der Waals surface area contributed by atoms with Crippen molar-refractivity contribution in [2.45, 2.75) is 44.2 Å². The number of carbonyl (C=O) groups excluding carboxylic acids is 1. The van der Waals surface area contributed by atoms with Gasteiger partial charge in [0.05, 0.1) is 6.10 Å². The largest absolute Gasteiger partial charge is 0.393 e. The van der Waals surface area contributed by atoms with E-state index in [1.807, 2.05) is 0 Å². The van der Waals surface area contributed by atoms with E-state index in [0.29, 0.717) is 0 Å². The lowest BCUT2D eigenvalue weighted by molar-refractivity contribution is -0.139. The summed E-state index contributed by atoms with van der Waals surface area (Å²) >= 11 is 3.51. The minimum absolute atomic E-state index is 0.0855. The number of fused-ring (bicyclic) bond motifs is 1. The second kappa shape index (κ2) is 6.38. The molecule has 3 nitrogen and oxygen atoms in total. The van der Waals surface area contributed by atoms with Crippen molar-refractivity contribution in [3.63, 3.8) is 0 Å². The lowest BCUT2D eigenvalue weighted by Gasteiger charge is -2.38. The molecule has 1 amide bonds. The van der Waals surface area contributed by atoms with E-state index in [2.05, 4.69) is 33.9 Å². The van der Waals surface area contributed by atoms with Gasteiger partial charge in [0.15, 0.2) is 0 Å². The molecule has 2 aromatic heterocycles. The van der Waals surface area contributed by atoms with Crippen LogP contribution in [-0.4, -0.2) is 28.6 Å². The molecule has 2 aliphatic rings. The summed E-state index contributed by atoms with van der Waals surface area (Å²) in [5.74, 6) is 0.372. The average Bonchev–Trinajstić information content (AvgIpc) is 3.25. The van der Waals surface area contributed by atoms with Gasteiger partial charge in [-0.25, -0.2) is 0 Å². The number of aliphatic hydroxyl groups excluding tert-OH is 1. The van der Waals surface area contributed by atoms with Gasteiger partial charge in [0.2, 0.25) is 5.91 Å². The van der Waals surface area contributed by atoms with Crippen molar-refractivity contribution in [1.29, 1.82) is 0 Å². The van der Waals surface area contributed by atoms with Crippen LogP contribution in [0, 0.1) is 5.92 Å².